The number of nitrogens with one attached hydrogen (secondary N) is 2. The zero-order valence-corrected chi connectivity index (χ0v) is 13.7. The van der Waals surface area contributed by atoms with E-state index in [-0.39, 0.29) is 17.0 Å². The van der Waals surface area contributed by atoms with E-state index in [1.54, 1.807) is 41.5 Å². The number of carbonyl (C=O) groups excluding carboxylic acids is 2. The third-order valence-corrected chi connectivity index (χ3v) is 2.23. The van der Waals surface area contributed by atoms with E-state index in [4.69, 9.17) is 20.6 Å². The quantitative estimate of drug-likeness (QED) is 0.441. The molecule has 0 saturated heterocycles. The Hall–Kier alpha value is -2.38. The molecule has 0 aliphatic heterocycles. The van der Waals surface area contributed by atoms with Crippen LogP contribution in [0.1, 0.15) is 68.1 Å². The summed E-state index contributed by atoms with van der Waals surface area (Å²) >= 11 is 0. The summed E-state index contributed by atoms with van der Waals surface area (Å²) in [7, 11) is 0. The topological polar surface area (TPSA) is 131 Å². The predicted molar refractivity (Wildman–Crippen MR) is 79.9 cm³/mol. The van der Waals surface area contributed by atoms with Crippen molar-refractivity contribution in [1.82, 2.24) is 10.2 Å². The molecule has 0 aliphatic rings. The fraction of sp³-hybridized carbons (Fsp3) is 0.571. The SMILES string of the molecule is CC(C)(C)OC(=O)c1[nH]nc(C(=N)N)c1C(=O)OC(C)(C)C. The Kier molecular flexibility index (Phi) is 4.64. The van der Waals surface area contributed by atoms with Gasteiger partial charge in [0.25, 0.3) is 0 Å². The molecule has 8 nitrogen and oxygen atoms in total. The van der Waals surface area contributed by atoms with Gasteiger partial charge in [0.1, 0.15) is 28.3 Å². The summed E-state index contributed by atoms with van der Waals surface area (Å²) in [6.07, 6.45) is 0. The molecule has 0 fully saturated rings. The van der Waals surface area contributed by atoms with Gasteiger partial charge in [0.05, 0.1) is 0 Å². The average Bonchev–Trinajstić information content (AvgIpc) is 2.68. The summed E-state index contributed by atoms with van der Waals surface area (Å²) in [4.78, 5) is 24.5. The standard InChI is InChI=1S/C14H22N4O4/c1-13(2,3)21-11(19)7-8(10(15)16)17-18-9(7)12(20)22-14(4,5)6/h1-6H3,(H3,15,16)(H,17,18). The number of aromatic amines is 1. The van der Waals surface area contributed by atoms with Gasteiger partial charge in [-0.3, -0.25) is 10.5 Å². The smallest absolute Gasteiger partial charge is 0.357 e. The van der Waals surface area contributed by atoms with Crippen LogP contribution in [0.3, 0.4) is 0 Å². The minimum absolute atomic E-state index is 0.143. The minimum Gasteiger partial charge on any atom is -0.456 e. The first-order valence-corrected chi connectivity index (χ1v) is 6.71. The second kappa shape index (κ2) is 5.78. The monoisotopic (exact) mass is 310 g/mol. The lowest BCUT2D eigenvalue weighted by atomic mass is 10.1. The van der Waals surface area contributed by atoms with Gasteiger partial charge in [-0.1, -0.05) is 0 Å². The highest BCUT2D eigenvalue weighted by Gasteiger charge is 2.32. The number of ether oxygens (including phenoxy) is 2. The maximum Gasteiger partial charge on any atom is 0.357 e. The number of hydrogen-bond acceptors (Lipinski definition) is 6. The molecule has 1 aromatic heterocycles. The first-order chi connectivity index (χ1) is 9.82. The van der Waals surface area contributed by atoms with E-state index in [0.717, 1.165) is 0 Å². The number of aromatic nitrogens is 2. The Morgan fingerprint density at radius 2 is 1.50 bits per heavy atom. The number of nitrogen functional groups attached to an aromatic ring is 1. The molecule has 1 heterocycles. The summed E-state index contributed by atoms with van der Waals surface area (Å²) in [5, 5.41) is 13.6. The van der Waals surface area contributed by atoms with E-state index >= 15 is 0 Å². The average molecular weight is 310 g/mol. The molecule has 122 valence electrons. The molecule has 0 radical (unpaired) electrons. The molecule has 0 spiro atoms. The van der Waals surface area contributed by atoms with Crippen molar-refractivity contribution < 1.29 is 19.1 Å². The number of amidine groups is 1. The molecule has 0 aliphatic carbocycles. The Morgan fingerprint density at radius 1 is 1.05 bits per heavy atom. The largest absolute Gasteiger partial charge is 0.456 e. The van der Waals surface area contributed by atoms with Gasteiger partial charge in [-0.25, -0.2) is 9.59 Å². The molecule has 22 heavy (non-hydrogen) atoms. The first kappa shape index (κ1) is 17.7. The lowest BCUT2D eigenvalue weighted by Crippen LogP contribution is -2.29. The fourth-order valence-electron chi connectivity index (χ4n) is 1.54. The number of nitrogens with two attached hydrogens (primary N) is 1. The number of nitrogens with zero attached hydrogens (tertiary/aromatic N) is 1. The van der Waals surface area contributed by atoms with Crippen molar-refractivity contribution in [2.75, 3.05) is 0 Å². The van der Waals surface area contributed by atoms with Gasteiger partial charge >= 0.3 is 11.9 Å². The molecule has 0 amide bonds. The number of H-pyrrole nitrogens is 1. The van der Waals surface area contributed by atoms with E-state index in [9.17, 15) is 9.59 Å². The summed E-state index contributed by atoms with van der Waals surface area (Å²) in [6.45, 7) is 10.1. The van der Waals surface area contributed by atoms with Crippen molar-refractivity contribution >= 4 is 17.8 Å². The van der Waals surface area contributed by atoms with Crippen molar-refractivity contribution in [1.29, 1.82) is 5.41 Å². The van der Waals surface area contributed by atoms with Crippen molar-refractivity contribution in [3.63, 3.8) is 0 Å². The van der Waals surface area contributed by atoms with Crippen molar-refractivity contribution in [3.05, 3.63) is 17.0 Å². The Morgan fingerprint density at radius 3 is 1.91 bits per heavy atom. The van der Waals surface area contributed by atoms with E-state index in [1.807, 2.05) is 0 Å². The summed E-state index contributed by atoms with van der Waals surface area (Å²) in [5.74, 6) is -2.02. The van der Waals surface area contributed by atoms with Crippen LogP contribution in [-0.4, -0.2) is 39.2 Å². The van der Waals surface area contributed by atoms with E-state index in [2.05, 4.69) is 10.2 Å². The van der Waals surface area contributed by atoms with Gasteiger partial charge in [0.2, 0.25) is 0 Å². The van der Waals surface area contributed by atoms with Crippen molar-refractivity contribution in [3.8, 4) is 0 Å². The molecule has 1 rings (SSSR count). The zero-order chi connectivity index (χ0) is 17.3. The van der Waals surface area contributed by atoms with Gasteiger partial charge in [0, 0.05) is 0 Å². The van der Waals surface area contributed by atoms with Crippen LogP contribution >= 0.6 is 0 Å². The minimum atomic E-state index is -0.799. The first-order valence-electron chi connectivity index (χ1n) is 6.71. The Labute approximate surface area is 128 Å². The summed E-state index contributed by atoms with van der Waals surface area (Å²) < 4.78 is 10.4. The van der Waals surface area contributed by atoms with Crippen molar-refractivity contribution in [2.45, 2.75) is 52.7 Å². The highest BCUT2D eigenvalue weighted by molar-refractivity contribution is 6.10. The van der Waals surface area contributed by atoms with Crippen LogP contribution in [0.2, 0.25) is 0 Å². The van der Waals surface area contributed by atoms with Crippen LogP contribution in [-0.2, 0) is 9.47 Å². The van der Waals surface area contributed by atoms with Gasteiger partial charge in [-0.15, -0.1) is 0 Å². The summed E-state index contributed by atoms with van der Waals surface area (Å²) in [6, 6.07) is 0. The molecular weight excluding hydrogens is 288 g/mol. The van der Waals surface area contributed by atoms with Gasteiger partial charge in [-0.05, 0) is 41.5 Å². The van der Waals surface area contributed by atoms with E-state index in [0.29, 0.717) is 0 Å². The molecular formula is C14H22N4O4. The van der Waals surface area contributed by atoms with Crippen LogP contribution in [0.4, 0.5) is 0 Å². The number of rotatable bonds is 3. The third-order valence-electron chi connectivity index (χ3n) is 2.23. The van der Waals surface area contributed by atoms with E-state index in [1.165, 1.54) is 0 Å². The van der Waals surface area contributed by atoms with E-state index < -0.39 is 29.0 Å². The Balaban J connectivity index is 3.28. The molecule has 0 aromatic carbocycles. The lowest BCUT2D eigenvalue weighted by Gasteiger charge is -2.21. The second-order valence-corrected chi connectivity index (χ2v) is 6.74. The van der Waals surface area contributed by atoms with Gasteiger partial charge in [0.15, 0.2) is 5.69 Å². The molecule has 1 aromatic rings. The molecule has 4 N–H and O–H groups in total. The molecule has 0 unspecified atom stereocenters. The number of esters is 2. The maximum absolute atomic E-state index is 12.3. The van der Waals surface area contributed by atoms with Crippen LogP contribution in [0.5, 0.6) is 0 Å². The highest BCUT2D eigenvalue weighted by atomic mass is 16.6. The maximum atomic E-state index is 12.3. The second-order valence-electron chi connectivity index (χ2n) is 6.74. The van der Waals surface area contributed by atoms with Crippen LogP contribution < -0.4 is 5.73 Å². The molecule has 0 saturated carbocycles. The van der Waals surface area contributed by atoms with Crippen LogP contribution in [0.15, 0.2) is 0 Å². The van der Waals surface area contributed by atoms with Crippen LogP contribution in [0.25, 0.3) is 0 Å². The van der Waals surface area contributed by atoms with Crippen LogP contribution in [0, 0.1) is 5.41 Å². The molecule has 8 heteroatoms. The summed E-state index contributed by atoms with van der Waals surface area (Å²) in [5.41, 5.74) is 3.35. The van der Waals surface area contributed by atoms with Crippen molar-refractivity contribution in [2.24, 2.45) is 5.73 Å². The predicted octanol–water partition coefficient (Wildman–Crippen LogP) is 1.60. The number of carbonyl (C=O) groups is 2. The highest BCUT2D eigenvalue weighted by Crippen LogP contribution is 2.20. The van der Waals surface area contributed by atoms with Gasteiger partial charge in [-0.2, -0.15) is 5.10 Å². The zero-order valence-electron chi connectivity index (χ0n) is 13.7. The lowest BCUT2D eigenvalue weighted by molar-refractivity contribution is 0.00152. The fourth-order valence-corrected chi connectivity index (χ4v) is 1.54. The molecule has 0 atom stereocenters. The third kappa shape index (κ3) is 4.57. The van der Waals surface area contributed by atoms with Gasteiger partial charge < -0.3 is 15.2 Å². The number of hydrogen-bond donors (Lipinski definition) is 3. The normalized spacial score (nSPS) is 11.9. The molecule has 0 bridgehead atoms. The Bertz CT molecular complexity index is 605.